The Balaban J connectivity index is 2.52. The normalized spacial score (nSPS) is 37.6. The fourth-order valence-corrected chi connectivity index (χ4v) is 0.776. The topological polar surface area (TPSA) is 26.3 Å². The van der Waals surface area contributed by atoms with E-state index in [1.165, 1.54) is 0 Å². The van der Waals surface area contributed by atoms with Gasteiger partial charge in [-0.15, -0.1) is 0 Å². The molecule has 0 amide bonds. The van der Waals surface area contributed by atoms with Gasteiger partial charge in [0.1, 0.15) is 6.29 Å². The highest BCUT2D eigenvalue weighted by molar-refractivity contribution is 5.59. The van der Waals surface area contributed by atoms with E-state index >= 15 is 0 Å². The van der Waals surface area contributed by atoms with E-state index in [1.54, 1.807) is 0 Å². The quantitative estimate of drug-likeness (QED) is 0.467. The minimum absolute atomic E-state index is 0.167. The van der Waals surface area contributed by atoms with Crippen molar-refractivity contribution in [2.75, 3.05) is 13.2 Å². The van der Waals surface area contributed by atoms with Crippen LogP contribution in [0.15, 0.2) is 0 Å². The van der Waals surface area contributed by atoms with Gasteiger partial charge in [0.2, 0.25) is 0 Å². The number of hydrogen-bond donors (Lipinski definition) is 0. The Morgan fingerprint density at radius 3 is 2.75 bits per heavy atom. The first-order valence-corrected chi connectivity index (χ1v) is 2.81. The molecule has 0 bridgehead atoms. The number of carbonyl (C=O) groups is 1. The number of aldehydes is 1. The van der Waals surface area contributed by atoms with E-state index in [0.717, 1.165) is 19.3 Å². The molecule has 1 unspecified atom stereocenters. The summed E-state index contributed by atoms with van der Waals surface area (Å²) in [5.74, 6) is 0. The Labute approximate surface area is 48.8 Å². The molecule has 0 aromatic heterocycles. The van der Waals surface area contributed by atoms with E-state index < -0.39 is 0 Å². The minimum Gasteiger partial charge on any atom is -0.380 e. The van der Waals surface area contributed by atoms with Gasteiger partial charge in [0, 0.05) is 12.0 Å². The predicted octanol–water partition coefficient (Wildman–Crippen LogP) is 0.612. The van der Waals surface area contributed by atoms with Crippen LogP contribution in [-0.2, 0) is 9.53 Å². The van der Waals surface area contributed by atoms with Crippen LogP contribution in [0.4, 0.5) is 0 Å². The maximum atomic E-state index is 10.2. The lowest BCUT2D eigenvalue weighted by molar-refractivity contribution is -0.115. The van der Waals surface area contributed by atoms with Gasteiger partial charge < -0.3 is 9.53 Å². The number of rotatable bonds is 1. The van der Waals surface area contributed by atoms with Crippen LogP contribution in [0.2, 0.25) is 0 Å². The Morgan fingerprint density at radius 1 is 1.75 bits per heavy atom. The van der Waals surface area contributed by atoms with E-state index in [9.17, 15) is 4.79 Å². The van der Waals surface area contributed by atoms with Crippen molar-refractivity contribution in [2.45, 2.75) is 13.3 Å². The van der Waals surface area contributed by atoms with Crippen molar-refractivity contribution in [2.24, 2.45) is 5.41 Å². The third kappa shape index (κ3) is 0.892. The summed E-state index contributed by atoms with van der Waals surface area (Å²) in [6.45, 7) is 3.28. The van der Waals surface area contributed by atoms with Crippen molar-refractivity contribution in [3.8, 4) is 0 Å². The summed E-state index contributed by atoms with van der Waals surface area (Å²) in [5.41, 5.74) is -0.167. The summed E-state index contributed by atoms with van der Waals surface area (Å²) in [7, 11) is 0. The molecule has 1 fully saturated rings. The maximum Gasteiger partial charge on any atom is 0.128 e. The van der Waals surface area contributed by atoms with E-state index in [0.29, 0.717) is 6.61 Å². The summed E-state index contributed by atoms with van der Waals surface area (Å²) in [6.07, 6.45) is 1.87. The molecule has 2 heteroatoms. The summed E-state index contributed by atoms with van der Waals surface area (Å²) in [5, 5.41) is 0. The van der Waals surface area contributed by atoms with Crippen LogP contribution in [0.5, 0.6) is 0 Å². The van der Waals surface area contributed by atoms with Crippen molar-refractivity contribution in [1.29, 1.82) is 0 Å². The first-order chi connectivity index (χ1) is 3.77. The lowest BCUT2D eigenvalue weighted by Crippen LogP contribution is -2.16. The summed E-state index contributed by atoms with van der Waals surface area (Å²) in [6, 6.07) is 0. The lowest BCUT2D eigenvalue weighted by Gasteiger charge is -2.09. The summed E-state index contributed by atoms with van der Waals surface area (Å²) >= 11 is 0. The van der Waals surface area contributed by atoms with Gasteiger partial charge in [-0.3, -0.25) is 0 Å². The van der Waals surface area contributed by atoms with Crippen LogP contribution in [0.3, 0.4) is 0 Å². The van der Waals surface area contributed by atoms with E-state index in [2.05, 4.69) is 0 Å². The smallest absolute Gasteiger partial charge is 0.128 e. The molecule has 0 saturated carbocycles. The van der Waals surface area contributed by atoms with Crippen molar-refractivity contribution < 1.29 is 9.53 Å². The zero-order chi connectivity index (χ0) is 6.04. The molecule has 1 atom stereocenters. The van der Waals surface area contributed by atoms with Crippen LogP contribution >= 0.6 is 0 Å². The largest absolute Gasteiger partial charge is 0.380 e. The number of hydrogen-bond acceptors (Lipinski definition) is 2. The molecule has 0 radical (unpaired) electrons. The second-order valence-electron chi connectivity index (χ2n) is 2.57. The zero-order valence-electron chi connectivity index (χ0n) is 5.02. The average Bonchev–Trinajstić information content (AvgIpc) is 2.17. The summed E-state index contributed by atoms with van der Waals surface area (Å²) < 4.78 is 5.02. The van der Waals surface area contributed by atoms with Gasteiger partial charge >= 0.3 is 0 Å². The summed E-state index contributed by atoms with van der Waals surface area (Å²) in [4.78, 5) is 10.2. The standard InChI is InChI=1S/C6H10O2/c1-6(4-7)2-3-8-5-6/h4H,2-3,5H2,1H3. The average molecular weight is 114 g/mol. The molecule has 1 heterocycles. The fourth-order valence-electron chi connectivity index (χ4n) is 0.776. The van der Waals surface area contributed by atoms with Crippen LogP contribution in [-0.4, -0.2) is 19.5 Å². The molecule has 2 nitrogen and oxygen atoms in total. The van der Waals surface area contributed by atoms with Gasteiger partial charge in [-0.2, -0.15) is 0 Å². The molecule has 1 aliphatic heterocycles. The van der Waals surface area contributed by atoms with Crippen LogP contribution in [0.25, 0.3) is 0 Å². The first kappa shape index (κ1) is 5.76. The van der Waals surface area contributed by atoms with Gasteiger partial charge in [-0.05, 0) is 6.42 Å². The molecule has 46 valence electrons. The molecule has 0 N–H and O–H groups in total. The first-order valence-electron chi connectivity index (χ1n) is 2.81. The Bertz CT molecular complexity index is 92.7. The number of ether oxygens (including phenoxy) is 1. The SMILES string of the molecule is CC1(C=O)CCOC1. The fraction of sp³-hybridized carbons (Fsp3) is 0.833. The van der Waals surface area contributed by atoms with Gasteiger partial charge in [-0.25, -0.2) is 0 Å². The molecule has 0 aromatic carbocycles. The maximum absolute atomic E-state index is 10.2. The molecule has 1 saturated heterocycles. The molecule has 8 heavy (non-hydrogen) atoms. The molecule has 0 spiro atoms. The van der Waals surface area contributed by atoms with E-state index in [-0.39, 0.29) is 5.41 Å². The van der Waals surface area contributed by atoms with Gasteiger partial charge in [0.25, 0.3) is 0 Å². The molecular formula is C6H10O2. The molecule has 1 rings (SSSR count). The molecule has 1 aliphatic rings. The second kappa shape index (κ2) is 1.86. The van der Waals surface area contributed by atoms with Crippen molar-refractivity contribution >= 4 is 6.29 Å². The monoisotopic (exact) mass is 114 g/mol. The highest BCUT2D eigenvalue weighted by Gasteiger charge is 2.28. The van der Waals surface area contributed by atoms with Crippen LogP contribution < -0.4 is 0 Å². The van der Waals surface area contributed by atoms with Crippen LogP contribution in [0, 0.1) is 5.41 Å². The lowest BCUT2D eigenvalue weighted by atomic mass is 9.93. The van der Waals surface area contributed by atoms with Crippen molar-refractivity contribution in [3.63, 3.8) is 0 Å². The Hall–Kier alpha value is -0.370. The van der Waals surface area contributed by atoms with Gasteiger partial charge in [0.15, 0.2) is 0 Å². The zero-order valence-corrected chi connectivity index (χ0v) is 5.02. The van der Waals surface area contributed by atoms with Gasteiger partial charge in [0.05, 0.1) is 6.61 Å². The third-order valence-corrected chi connectivity index (χ3v) is 1.53. The Morgan fingerprint density at radius 2 is 2.50 bits per heavy atom. The third-order valence-electron chi connectivity index (χ3n) is 1.53. The van der Waals surface area contributed by atoms with E-state index in [4.69, 9.17) is 4.74 Å². The highest BCUT2D eigenvalue weighted by Crippen LogP contribution is 2.24. The molecule has 0 aromatic rings. The second-order valence-corrected chi connectivity index (χ2v) is 2.57. The van der Waals surface area contributed by atoms with Crippen molar-refractivity contribution in [1.82, 2.24) is 0 Å². The Kier molecular flexibility index (Phi) is 1.34. The van der Waals surface area contributed by atoms with Crippen LogP contribution in [0.1, 0.15) is 13.3 Å². The van der Waals surface area contributed by atoms with Gasteiger partial charge in [-0.1, -0.05) is 6.92 Å². The molecule has 0 aliphatic carbocycles. The van der Waals surface area contributed by atoms with E-state index in [1.807, 2.05) is 6.92 Å². The number of carbonyl (C=O) groups excluding carboxylic acids is 1. The minimum atomic E-state index is -0.167. The van der Waals surface area contributed by atoms with Crippen molar-refractivity contribution in [3.05, 3.63) is 0 Å². The predicted molar refractivity (Wildman–Crippen MR) is 29.6 cm³/mol. The highest BCUT2D eigenvalue weighted by atomic mass is 16.5. The molecular weight excluding hydrogens is 104 g/mol.